The zero-order chi connectivity index (χ0) is 31.0. The lowest BCUT2D eigenvalue weighted by Crippen LogP contribution is -2.16. The average Bonchev–Trinajstić information content (AvgIpc) is 2.99. The quantitative estimate of drug-likeness (QED) is 0.143. The highest BCUT2D eigenvalue weighted by Gasteiger charge is 2.26. The summed E-state index contributed by atoms with van der Waals surface area (Å²) >= 11 is 0. The Kier molecular flexibility index (Phi) is 9.47. The van der Waals surface area contributed by atoms with Crippen molar-refractivity contribution in [3.05, 3.63) is 120 Å². The van der Waals surface area contributed by atoms with E-state index in [2.05, 4.69) is 15.4 Å². The fourth-order valence-corrected chi connectivity index (χ4v) is 5.93. The van der Waals surface area contributed by atoms with Crippen LogP contribution < -0.4 is 16.4 Å². The van der Waals surface area contributed by atoms with Gasteiger partial charge in [0, 0.05) is 11.4 Å². The molecule has 0 spiro atoms. The van der Waals surface area contributed by atoms with Crippen molar-refractivity contribution in [2.45, 2.75) is 9.79 Å². The van der Waals surface area contributed by atoms with Gasteiger partial charge in [0.1, 0.15) is 15.5 Å². The fourth-order valence-electron chi connectivity index (χ4n) is 3.94. The largest absolute Gasteiger partial charge is 0.393 e. The Labute approximate surface area is 248 Å². The highest BCUT2D eigenvalue weighted by Crippen LogP contribution is 2.36. The molecule has 0 aliphatic heterocycles. The summed E-state index contributed by atoms with van der Waals surface area (Å²) in [5, 5.41) is 11.4. The standard InChI is InChI=1S/C15H14N6.C14H12O6S2/c16-13-14(17)18-20-19-15(13)21(11-7-3-1-4-8-11)12-9-5-2-6-10-12;15-21(16,17)13-8-4-7-12(14(13)22(18,19)20)10-9-11-5-2-1-3-6-11/h1-10H,(H2,16,20)(H2,17,18,19);1-10H,(H,15,16,17)(H,18,19,20). The molecule has 0 fully saturated rings. The number of nitrogens with zero attached hydrogens (tertiary/aromatic N) is 4. The van der Waals surface area contributed by atoms with Crippen LogP contribution in [-0.2, 0) is 20.2 Å². The molecule has 0 aliphatic rings. The Hall–Kier alpha value is -5.15. The van der Waals surface area contributed by atoms with Crippen LogP contribution in [0.4, 0.5) is 28.7 Å². The SMILES string of the molecule is Nc1nnnc(N(c2ccccc2)c2ccccc2)c1N.O=S(=O)(O)c1cccc(C=Cc2ccccc2)c1S(=O)(=O)O. The van der Waals surface area contributed by atoms with Gasteiger partial charge in [-0.2, -0.15) is 16.8 Å². The van der Waals surface area contributed by atoms with E-state index in [1.54, 1.807) is 36.4 Å². The first-order chi connectivity index (χ1) is 20.5. The van der Waals surface area contributed by atoms with Crippen LogP contribution in [0.25, 0.3) is 12.2 Å². The van der Waals surface area contributed by atoms with Crippen molar-refractivity contribution in [3.8, 4) is 0 Å². The second-order valence-corrected chi connectivity index (χ2v) is 11.5. The van der Waals surface area contributed by atoms with Crippen LogP contribution in [0, 0.1) is 0 Å². The Bertz CT molecular complexity index is 1900. The highest BCUT2D eigenvalue weighted by atomic mass is 32.2. The van der Waals surface area contributed by atoms with Crippen molar-refractivity contribution in [3.63, 3.8) is 0 Å². The van der Waals surface area contributed by atoms with Gasteiger partial charge in [-0.25, -0.2) is 0 Å². The summed E-state index contributed by atoms with van der Waals surface area (Å²) in [5.74, 6) is 0.622. The van der Waals surface area contributed by atoms with E-state index < -0.39 is 30.0 Å². The number of nitrogens with two attached hydrogens (primary N) is 2. The minimum atomic E-state index is -4.84. The molecule has 43 heavy (non-hydrogen) atoms. The van der Waals surface area contributed by atoms with E-state index in [-0.39, 0.29) is 11.4 Å². The molecule has 12 nitrogen and oxygen atoms in total. The third-order valence-corrected chi connectivity index (χ3v) is 7.85. The average molecular weight is 619 g/mol. The molecule has 4 aromatic carbocycles. The second-order valence-electron chi connectivity index (χ2n) is 8.79. The van der Waals surface area contributed by atoms with Crippen LogP contribution in [0.2, 0.25) is 0 Å². The first-order valence-electron chi connectivity index (χ1n) is 12.4. The maximum Gasteiger partial charge on any atom is 0.296 e. The zero-order valence-corrected chi connectivity index (χ0v) is 24.0. The van der Waals surface area contributed by atoms with Crippen LogP contribution >= 0.6 is 0 Å². The lowest BCUT2D eigenvalue weighted by Gasteiger charge is -2.24. The Morgan fingerprint density at radius 1 is 0.628 bits per heavy atom. The molecule has 0 radical (unpaired) electrons. The predicted molar refractivity (Wildman–Crippen MR) is 165 cm³/mol. The summed E-state index contributed by atoms with van der Waals surface area (Å²) in [6.45, 7) is 0. The highest BCUT2D eigenvalue weighted by molar-refractivity contribution is 7.89. The number of aromatic nitrogens is 3. The smallest absolute Gasteiger partial charge is 0.296 e. The Balaban J connectivity index is 0.000000197. The number of benzene rings is 4. The summed E-state index contributed by atoms with van der Waals surface area (Å²) in [7, 11) is -9.64. The van der Waals surface area contributed by atoms with Crippen molar-refractivity contribution < 1.29 is 25.9 Å². The van der Waals surface area contributed by atoms with Crippen LogP contribution in [0.15, 0.2) is 119 Å². The van der Waals surface area contributed by atoms with Crippen LogP contribution in [0.5, 0.6) is 0 Å². The van der Waals surface area contributed by atoms with E-state index >= 15 is 0 Å². The summed E-state index contributed by atoms with van der Waals surface area (Å²) in [5.41, 5.74) is 14.6. The maximum atomic E-state index is 11.5. The van der Waals surface area contributed by atoms with E-state index in [0.717, 1.165) is 23.0 Å². The lowest BCUT2D eigenvalue weighted by molar-refractivity contribution is 0.466. The molecular formula is C29H26N6O6S2. The third kappa shape index (κ3) is 7.78. The summed E-state index contributed by atoms with van der Waals surface area (Å²) in [4.78, 5) is 0.162. The van der Waals surface area contributed by atoms with Gasteiger partial charge in [0.2, 0.25) is 0 Å². The van der Waals surface area contributed by atoms with Crippen molar-refractivity contribution in [1.82, 2.24) is 15.4 Å². The molecule has 0 saturated carbocycles. The van der Waals surface area contributed by atoms with Crippen LogP contribution in [-0.4, -0.2) is 41.4 Å². The molecule has 0 saturated heterocycles. The van der Waals surface area contributed by atoms with Gasteiger partial charge >= 0.3 is 0 Å². The molecule has 5 aromatic rings. The van der Waals surface area contributed by atoms with Crippen LogP contribution in [0.3, 0.4) is 0 Å². The summed E-state index contributed by atoms with van der Waals surface area (Å²) in [6, 6.07) is 31.9. The Morgan fingerprint density at radius 3 is 1.67 bits per heavy atom. The summed E-state index contributed by atoms with van der Waals surface area (Å²) < 4.78 is 63.9. The molecule has 0 unspecified atom stereocenters. The molecular weight excluding hydrogens is 592 g/mol. The lowest BCUT2D eigenvalue weighted by atomic mass is 10.1. The zero-order valence-electron chi connectivity index (χ0n) is 22.3. The molecule has 14 heteroatoms. The molecule has 0 amide bonds. The van der Waals surface area contributed by atoms with E-state index in [0.29, 0.717) is 11.5 Å². The van der Waals surface area contributed by atoms with E-state index in [1.807, 2.05) is 65.6 Å². The number of hydrogen-bond donors (Lipinski definition) is 4. The number of hydrogen-bond acceptors (Lipinski definition) is 10. The number of rotatable bonds is 7. The van der Waals surface area contributed by atoms with E-state index in [9.17, 15) is 21.4 Å². The minimum absolute atomic E-state index is 0.0542. The van der Waals surface area contributed by atoms with Crippen LogP contribution in [0.1, 0.15) is 11.1 Å². The number of para-hydroxylation sites is 2. The van der Waals surface area contributed by atoms with Crippen molar-refractivity contribution in [1.29, 1.82) is 0 Å². The number of nitrogen functional groups attached to an aromatic ring is 2. The normalized spacial score (nSPS) is 11.5. The van der Waals surface area contributed by atoms with Gasteiger partial charge in [-0.1, -0.05) is 91.0 Å². The first-order valence-corrected chi connectivity index (χ1v) is 15.3. The van der Waals surface area contributed by atoms with Gasteiger partial charge in [0.15, 0.2) is 11.6 Å². The van der Waals surface area contributed by atoms with E-state index in [4.69, 9.17) is 16.0 Å². The van der Waals surface area contributed by atoms with Gasteiger partial charge in [-0.15, -0.1) is 10.2 Å². The van der Waals surface area contributed by atoms with Gasteiger partial charge in [-0.3, -0.25) is 14.0 Å². The molecule has 6 N–H and O–H groups in total. The maximum absolute atomic E-state index is 11.5. The van der Waals surface area contributed by atoms with Gasteiger partial charge < -0.3 is 11.5 Å². The second kappa shape index (κ2) is 13.2. The molecule has 0 aliphatic carbocycles. The van der Waals surface area contributed by atoms with Crippen molar-refractivity contribution in [2.24, 2.45) is 0 Å². The predicted octanol–water partition coefficient (Wildman–Crippen LogP) is 4.86. The van der Waals surface area contributed by atoms with Crippen molar-refractivity contribution in [2.75, 3.05) is 16.4 Å². The van der Waals surface area contributed by atoms with Gasteiger partial charge in [0.05, 0.1) is 0 Å². The minimum Gasteiger partial charge on any atom is -0.393 e. The molecule has 1 heterocycles. The molecule has 0 atom stereocenters. The number of anilines is 5. The summed E-state index contributed by atoms with van der Waals surface area (Å²) in [6.07, 6.45) is 2.89. The Morgan fingerprint density at radius 2 is 1.16 bits per heavy atom. The fraction of sp³-hybridized carbons (Fsp3) is 0. The molecule has 1 aromatic heterocycles. The van der Waals surface area contributed by atoms with Gasteiger partial charge in [0.25, 0.3) is 20.2 Å². The topological polar surface area (TPSA) is 203 Å². The first kappa shape index (κ1) is 30.8. The van der Waals surface area contributed by atoms with E-state index in [1.165, 1.54) is 18.2 Å². The monoisotopic (exact) mass is 618 g/mol. The molecule has 0 bridgehead atoms. The molecule has 220 valence electrons. The van der Waals surface area contributed by atoms with Crippen molar-refractivity contribution >= 4 is 61.1 Å². The van der Waals surface area contributed by atoms with Gasteiger partial charge in [-0.05, 0) is 46.7 Å². The third-order valence-electron chi connectivity index (χ3n) is 5.85. The molecule has 5 rings (SSSR count).